The van der Waals surface area contributed by atoms with Gasteiger partial charge in [-0.2, -0.15) is 0 Å². The molecule has 8 nitrogen and oxygen atoms in total. The molecule has 8 heteroatoms. The Bertz CT molecular complexity index is 1150. The molecule has 0 aliphatic carbocycles. The van der Waals surface area contributed by atoms with E-state index in [0.29, 0.717) is 24.3 Å². The molecule has 1 aliphatic heterocycles. The van der Waals surface area contributed by atoms with Gasteiger partial charge in [0.1, 0.15) is 11.8 Å². The highest BCUT2D eigenvalue weighted by atomic mass is 16.5. The average Bonchev–Trinajstić information content (AvgIpc) is 3.22. The Balaban J connectivity index is 1.55. The normalized spacial score (nSPS) is 15.6. The maximum atomic E-state index is 12.4. The maximum absolute atomic E-state index is 12.4. The van der Waals surface area contributed by atoms with Crippen LogP contribution in [-0.2, 0) is 9.59 Å². The highest BCUT2D eigenvalue weighted by molar-refractivity contribution is 5.96. The number of aromatic nitrogens is 1. The van der Waals surface area contributed by atoms with Crippen LogP contribution in [0, 0.1) is 5.92 Å². The number of aromatic amines is 1. The summed E-state index contributed by atoms with van der Waals surface area (Å²) in [6.07, 6.45) is 1.77. The molecular formula is C25H30N4O4. The number of piperazine rings is 1. The minimum Gasteiger partial charge on any atom is -0.497 e. The van der Waals surface area contributed by atoms with Gasteiger partial charge in [0.2, 0.25) is 5.91 Å². The average molecular weight is 451 g/mol. The summed E-state index contributed by atoms with van der Waals surface area (Å²) < 4.78 is 5.33. The predicted molar refractivity (Wildman–Crippen MR) is 129 cm³/mol. The third kappa shape index (κ3) is 4.80. The first-order chi connectivity index (χ1) is 15.9. The summed E-state index contributed by atoms with van der Waals surface area (Å²) in [5, 5.41) is 13.8. The van der Waals surface area contributed by atoms with E-state index >= 15 is 0 Å². The molecule has 33 heavy (non-hydrogen) atoms. The minimum absolute atomic E-state index is 0.0742. The molecule has 4 rings (SSSR count). The number of ether oxygens (including phenoxy) is 1. The van der Waals surface area contributed by atoms with Gasteiger partial charge in [-0.1, -0.05) is 19.9 Å². The van der Waals surface area contributed by atoms with Gasteiger partial charge in [-0.25, -0.2) is 0 Å². The van der Waals surface area contributed by atoms with Crippen LogP contribution in [0.3, 0.4) is 0 Å². The Morgan fingerprint density at radius 1 is 1.09 bits per heavy atom. The van der Waals surface area contributed by atoms with Crippen molar-refractivity contribution >= 4 is 34.2 Å². The number of nitrogens with one attached hydrogen (secondary N) is 2. The van der Waals surface area contributed by atoms with E-state index < -0.39 is 12.0 Å². The van der Waals surface area contributed by atoms with Crippen LogP contribution in [0.5, 0.6) is 5.75 Å². The predicted octanol–water partition coefficient (Wildman–Crippen LogP) is 3.72. The molecule has 0 spiro atoms. The van der Waals surface area contributed by atoms with Crippen LogP contribution < -0.4 is 15.0 Å². The zero-order valence-corrected chi connectivity index (χ0v) is 19.2. The molecule has 0 unspecified atom stereocenters. The number of hydrogen-bond donors (Lipinski definition) is 3. The van der Waals surface area contributed by atoms with Crippen molar-refractivity contribution < 1.29 is 19.4 Å². The molecule has 0 radical (unpaired) electrons. The second-order valence-corrected chi connectivity index (χ2v) is 8.61. The van der Waals surface area contributed by atoms with Crippen molar-refractivity contribution in [2.75, 3.05) is 43.5 Å². The number of nitrogens with zero attached hydrogens (tertiary/aromatic N) is 2. The summed E-state index contributed by atoms with van der Waals surface area (Å²) in [4.78, 5) is 31.9. The number of methoxy groups -OCH3 is 1. The number of carbonyl (C=O) groups excluding carboxylic acids is 1. The summed E-state index contributed by atoms with van der Waals surface area (Å²) in [6.45, 7) is 6.33. The zero-order valence-electron chi connectivity index (χ0n) is 19.2. The number of fused-ring (bicyclic) bond motifs is 1. The fraction of sp³-hybridized carbons (Fsp3) is 0.360. The maximum Gasteiger partial charge on any atom is 0.325 e. The third-order valence-corrected chi connectivity index (χ3v) is 6.13. The van der Waals surface area contributed by atoms with Crippen LogP contribution in [0.25, 0.3) is 10.9 Å². The number of carbonyl (C=O) groups is 2. The first kappa shape index (κ1) is 22.7. The van der Waals surface area contributed by atoms with E-state index in [1.54, 1.807) is 13.3 Å². The van der Waals surface area contributed by atoms with Gasteiger partial charge >= 0.3 is 5.97 Å². The Kier molecular flexibility index (Phi) is 6.55. The molecule has 1 amide bonds. The lowest BCUT2D eigenvalue weighted by Crippen LogP contribution is -2.49. The number of benzene rings is 2. The van der Waals surface area contributed by atoms with Gasteiger partial charge in [0.25, 0.3) is 0 Å². The van der Waals surface area contributed by atoms with Crippen molar-refractivity contribution in [2.24, 2.45) is 5.92 Å². The van der Waals surface area contributed by atoms with Crippen LogP contribution in [-0.4, -0.2) is 60.2 Å². The first-order valence-corrected chi connectivity index (χ1v) is 11.1. The quantitative estimate of drug-likeness (QED) is 0.508. The van der Waals surface area contributed by atoms with Crippen molar-refractivity contribution in [1.29, 1.82) is 0 Å². The molecular weight excluding hydrogens is 420 g/mol. The number of carboxylic acid groups (broad SMARTS) is 1. The number of aliphatic carboxylic acids is 1. The molecule has 1 atom stereocenters. The number of anilines is 2. The third-order valence-electron chi connectivity index (χ3n) is 6.13. The van der Waals surface area contributed by atoms with Crippen molar-refractivity contribution in [3.63, 3.8) is 0 Å². The van der Waals surface area contributed by atoms with E-state index in [1.807, 2.05) is 61.2 Å². The topological polar surface area (TPSA) is 97.9 Å². The Hall–Kier alpha value is -3.52. The summed E-state index contributed by atoms with van der Waals surface area (Å²) in [5.41, 5.74) is 3.27. The Labute approximate surface area is 193 Å². The SMILES string of the molecule is COc1cccc(N2CCN([C@H](C(=O)O)c3c[nH]c4ccc(NC(=O)C(C)C)cc34)CC2)c1. The lowest BCUT2D eigenvalue weighted by Gasteiger charge is -2.38. The van der Waals surface area contributed by atoms with Crippen LogP contribution >= 0.6 is 0 Å². The van der Waals surface area contributed by atoms with Gasteiger partial charge in [0.15, 0.2) is 0 Å². The van der Waals surface area contributed by atoms with E-state index in [9.17, 15) is 14.7 Å². The lowest BCUT2D eigenvalue weighted by atomic mass is 10.0. The van der Waals surface area contributed by atoms with E-state index in [0.717, 1.165) is 35.4 Å². The monoisotopic (exact) mass is 450 g/mol. The summed E-state index contributed by atoms with van der Waals surface area (Å²) in [6, 6.07) is 12.7. The Morgan fingerprint density at radius 2 is 1.85 bits per heavy atom. The fourth-order valence-electron chi connectivity index (χ4n) is 4.26. The Morgan fingerprint density at radius 3 is 2.52 bits per heavy atom. The highest BCUT2D eigenvalue weighted by Crippen LogP contribution is 2.32. The smallest absolute Gasteiger partial charge is 0.325 e. The first-order valence-electron chi connectivity index (χ1n) is 11.1. The zero-order chi connectivity index (χ0) is 23.5. The number of hydrogen-bond acceptors (Lipinski definition) is 5. The molecule has 1 aromatic heterocycles. The minimum atomic E-state index is -0.887. The largest absolute Gasteiger partial charge is 0.497 e. The van der Waals surface area contributed by atoms with Crippen molar-refractivity contribution in [2.45, 2.75) is 19.9 Å². The van der Waals surface area contributed by atoms with Crippen molar-refractivity contribution in [3.05, 3.63) is 54.2 Å². The second-order valence-electron chi connectivity index (χ2n) is 8.61. The molecule has 3 N–H and O–H groups in total. The van der Waals surface area contributed by atoms with Crippen LogP contribution in [0.15, 0.2) is 48.7 Å². The molecule has 174 valence electrons. The van der Waals surface area contributed by atoms with Gasteiger partial charge in [0, 0.05) is 72.2 Å². The summed E-state index contributed by atoms with van der Waals surface area (Å²) >= 11 is 0. The molecule has 1 saturated heterocycles. The molecule has 1 aliphatic rings. The second kappa shape index (κ2) is 9.54. The number of amides is 1. The van der Waals surface area contributed by atoms with Gasteiger partial charge in [-0.15, -0.1) is 0 Å². The van der Waals surface area contributed by atoms with Gasteiger partial charge in [-0.3, -0.25) is 14.5 Å². The highest BCUT2D eigenvalue weighted by Gasteiger charge is 2.32. The fourth-order valence-corrected chi connectivity index (χ4v) is 4.26. The van der Waals surface area contributed by atoms with E-state index in [2.05, 4.69) is 15.2 Å². The van der Waals surface area contributed by atoms with Crippen molar-refractivity contribution in [1.82, 2.24) is 9.88 Å². The lowest BCUT2D eigenvalue weighted by molar-refractivity contribution is -0.143. The number of rotatable bonds is 7. The summed E-state index contributed by atoms with van der Waals surface area (Å²) in [7, 11) is 1.65. The van der Waals surface area contributed by atoms with Gasteiger partial charge in [0.05, 0.1) is 7.11 Å². The molecule has 3 aromatic rings. The molecule has 2 heterocycles. The van der Waals surface area contributed by atoms with E-state index in [4.69, 9.17) is 4.74 Å². The van der Waals surface area contributed by atoms with Crippen LogP contribution in [0.2, 0.25) is 0 Å². The molecule has 0 saturated carbocycles. The molecule has 0 bridgehead atoms. The number of H-pyrrole nitrogens is 1. The van der Waals surface area contributed by atoms with E-state index in [-0.39, 0.29) is 11.8 Å². The number of carboxylic acids is 1. The standard InChI is InChI=1S/C25H30N4O4/c1-16(2)24(30)27-17-7-8-22-20(13-17)21(15-26-22)23(25(31)32)29-11-9-28(10-12-29)18-5-4-6-19(14-18)33-3/h4-8,13-16,23,26H,9-12H2,1-3H3,(H,27,30)(H,31,32)/t23-/m0/s1. The molecule has 1 fully saturated rings. The van der Waals surface area contributed by atoms with Gasteiger partial charge < -0.3 is 25.0 Å². The van der Waals surface area contributed by atoms with Crippen molar-refractivity contribution in [3.8, 4) is 5.75 Å². The van der Waals surface area contributed by atoms with Gasteiger partial charge in [-0.05, 0) is 30.3 Å². The van der Waals surface area contributed by atoms with E-state index in [1.165, 1.54) is 0 Å². The van der Waals surface area contributed by atoms with Crippen LogP contribution in [0.4, 0.5) is 11.4 Å². The molecule has 2 aromatic carbocycles. The summed E-state index contributed by atoms with van der Waals surface area (Å²) in [5.74, 6) is -0.297. The van der Waals surface area contributed by atoms with Crippen LogP contribution in [0.1, 0.15) is 25.5 Å².